The average Bonchev–Trinajstić information content (AvgIpc) is 3.58. The maximum absolute atomic E-state index is 15.2. The third kappa shape index (κ3) is 10.2. The summed E-state index contributed by atoms with van der Waals surface area (Å²) in [6, 6.07) is 15.9. The van der Waals surface area contributed by atoms with E-state index in [0.29, 0.717) is 5.56 Å². The van der Waals surface area contributed by atoms with Crippen molar-refractivity contribution in [2.75, 3.05) is 0 Å². The van der Waals surface area contributed by atoms with Gasteiger partial charge in [-0.2, -0.15) is 61.1 Å². The van der Waals surface area contributed by atoms with Gasteiger partial charge in [0.25, 0.3) is 0 Å². The quantitative estimate of drug-likeness (QED) is 0.0745. The Kier molecular flexibility index (Phi) is 13.2. The smallest absolute Gasteiger partial charge is 0.527 e. The van der Waals surface area contributed by atoms with Crippen molar-refractivity contribution < 1.29 is 74.2 Å². The molecule has 2 atom stereocenters. The molecule has 0 radical (unpaired) electrons. The van der Waals surface area contributed by atoms with Gasteiger partial charge in [-0.15, -0.1) is 0 Å². The Morgan fingerprint density at radius 2 is 0.873 bits per heavy atom. The van der Waals surface area contributed by atoms with Crippen LogP contribution in [-0.2, 0) is 55.2 Å². The molecule has 0 aromatic heterocycles. The fourth-order valence-electron chi connectivity index (χ4n) is 6.68. The third-order valence-corrected chi connectivity index (χ3v) is 14.2. The highest BCUT2D eigenvalue weighted by atomic mass is 32.2. The van der Waals surface area contributed by atoms with Gasteiger partial charge in [-0.3, -0.25) is 0 Å². The van der Waals surface area contributed by atoms with Gasteiger partial charge in [0.1, 0.15) is 5.09 Å². The van der Waals surface area contributed by atoms with Crippen LogP contribution in [0.15, 0.2) is 148 Å². The lowest BCUT2D eigenvalue weighted by atomic mass is 9.95. The summed E-state index contributed by atoms with van der Waals surface area (Å²) in [6.07, 6.45) is -21.1. The maximum atomic E-state index is 15.2. The number of allylic oxidation sites excluding steroid dienone is 1. The number of hydrogen-bond acceptors (Lipinski definition) is 6. The first-order chi connectivity index (χ1) is 29.2. The zero-order valence-corrected chi connectivity index (χ0v) is 34.3. The van der Waals surface area contributed by atoms with Crippen molar-refractivity contribution >= 4 is 39.0 Å². The monoisotopic (exact) mass is 952 g/mol. The summed E-state index contributed by atoms with van der Waals surface area (Å²) in [5.74, 6) is 0.0160. The summed E-state index contributed by atoms with van der Waals surface area (Å²) in [4.78, 5) is -3.33. The lowest BCUT2D eigenvalue weighted by molar-refractivity contribution is -0.145. The summed E-state index contributed by atoms with van der Waals surface area (Å²) < 4.78 is 238. The number of thioether (sulfide) groups is 1. The molecule has 1 saturated heterocycles. The summed E-state index contributed by atoms with van der Waals surface area (Å²) in [6.45, 7) is 1.33. The number of sulfonamides is 2. The zero-order chi connectivity index (χ0) is 46.3. The fourth-order valence-corrected chi connectivity index (χ4v) is 11.0. The van der Waals surface area contributed by atoms with E-state index in [1.54, 1.807) is 30.3 Å². The van der Waals surface area contributed by atoms with Crippen LogP contribution in [0.25, 0.3) is 0 Å². The van der Waals surface area contributed by atoms with E-state index in [9.17, 15) is 52.7 Å². The number of benzene rings is 5. The van der Waals surface area contributed by atoms with Gasteiger partial charge in [0.15, 0.2) is 0 Å². The van der Waals surface area contributed by atoms with Gasteiger partial charge in [0.2, 0.25) is 20.0 Å². The Bertz CT molecular complexity index is 2470. The van der Waals surface area contributed by atoms with E-state index in [2.05, 4.69) is 0 Å². The second-order valence-corrected chi connectivity index (χ2v) is 18.4. The van der Waals surface area contributed by atoms with Gasteiger partial charge in [0.05, 0.1) is 44.1 Å². The predicted molar refractivity (Wildman–Crippen MR) is 208 cm³/mol. The molecule has 63 heavy (non-hydrogen) atoms. The number of rotatable bonds is 11. The van der Waals surface area contributed by atoms with Crippen LogP contribution in [0.5, 0.6) is 0 Å². The number of nitrogens with zero attached hydrogens (tertiary/aromatic N) is 2. The first-order valence-electron chi connectivity index (χ1n) is 18.0. The lowest BCUT2D eigenvalue weighted by Crippen LogP contribution is -2.51. The topological polar surface area (TPSA) is 84.0 Å². The molecule has 1 heterocycles. The second kappa shape index (κ2) is 17.5. The molecule has 5 aromatic rings. The Balaban J connectivity index is 1.72. The van der Waals surface area contributed by atoms with E-state index in [-0.39, 0.29) is 66.8 Å². The van der Waals surface area contributed by atoms with E-state index in [1.807, 2.05) is 0 Å². The summed E-state index contributed by atoms with van der Waals surface area (Å²) in [5.41, 5.74) is -8.06. The molecule has 0 aliphatic carbocycles. The molecule has 6 rings (SSSR count). The normalized spacial score (nSPS) is 17.6. The Morgan fingerprint density at radius 3 is 1.17 bits per heavy atom. The van der Waals surface area contributed by atoms with Crippen LogP contribution in [0.1, 0.15) is 58.0 Å². The van der Waals surface area contributed by atoms with Crippen molar-refractivity contribution in [3.8, 4) is 0 Å². The molecular weight excluding hydrogens is 923 g/mol. The van der Waals surface area contributed by atoms with Gasteiger partial charge in [-0.1, -0.05) is 103 Å². The van der Waals surface area contributed by atoms with E-state index in [0.717, 1.165) is 11.8 Å². The summed E-state index contributed by atoms with van der Waals surface area (Å²) >= 11 is 0.797. The van der Waals surface area contributed by atoms with Crippen molar-refractivity contribution in [2.45, 2.75) is 59.3 Å². The molecule has 7 nitrogen and oxygen atoms in total. The molecule has 1 fully saturated rings. The standard InChI is InChI=1S/C40H29BF12N2O5S3/c1-2-34(61-24-25-12-6-3-7-13-25)60-41-54(62(56,57)32-20-28(37(42,43)44)18-29(21-32)38(45,46)47)35(26-14-8-4-9-15-26)36(27-16-10-5-11-17-27)55(41)63(58,59)33-22-30(39(48,49)50)19-31(23-33)40(51,52)53/h2-23,35-36H,24H2,1H3/b34-2-/t35-,36-/m1/s1. The summed E-state index contributed by atoms with van der Waals surface area (Å²) in [7, 11) is -14.7. The number of alkyl halides is 12. The minimum absolute atomic E-state index is 0.0160. The first kappa shape index (κ1) is 47.5. The second-order valence-electron chi connectivity index (χ2n) is 13.7. The largest absolute Gasteiger partial charge is 0.578 e. The van der Waals surface area contributed by atoms with Gasteiger partial charge in [-0.05, 0) is 66.1 Å². The predicted octanol–water partition coefficient (Wildman–Crippen LogP) is 11.7. The van der Waals surface area contributed by atoms with Gasteiger partial charge in [0, 0.05) is 5.75 Å². The molecule has 0 unspecified atom stereocenters. The SMILES string of the molecule is C/C=C(/OB1N(S(=O)(=O)c2cc(C(F)(F)F)cc(C(F)(F)F)c2)[C@H](c2ccccc2)[C@@H](c2ccccc2)N1S(=O)(=O)c1cc(C(F)(F)F)cc(C(F)(F)F)c1)SCc1ccccc1. The Morgan fingerprint density at radius 1 is 0.556 bits per heavy atom. The number of hydrogen-bond donors (Lipinski definition) is 0. The van der Waals surface area contributed by atoms with Gasteiger partial charge in [-0.25, -0.2) is 16.8 Å². The van der Waals surface area contributed by atoms with Crippen LogP contribution in [0.2, 0.25) is 0 Å². The van der Waals surface area contributed by atoms with E-state index in [4.69, 9.17) is 4.65 Å². The van der Waals surface area contributed by atoms with Crippen molar-refractivity contribution in [1.29, 1.82) is 0 Å². The maximum Gasteiger partial charge on any atom is 0.578 e. The molecule has 5 aromatic carbocycles. The minimum Gasteiger partial charge on any atom is -0.527 e. The van der Waals surface area contributed by atoms with Crippen molar-refractivity contribution in [3.63, 3.8) is 0 Å². The molecule has 0 amide bonds. The molecule has 23 heteroatoms. The molecule has 1 aliphatic heterocycles. The van der Waals surface area contributed by atoms with Crippen LogP contribution in [0.3, 0.4) is 0 Å². The molecule has 0 N–H and O–H groups in total. The molecule has 0 bridgehead atoms. The van der Waals surface area contributed by atoms with Crippen molar-refractivity contribution in [3.05, 3.63) is 178 Å². The zero-order valence-electron chi connectivity index (χ0n) is 31.8. The fraction of sp³-hybridized carbons (Fsp3) is 0.200. The minimum atomic E-state index is -5.95. The van der Waals surface area contributed by atoms with Crippen LogP contribution in [0.4, 0.5) is 52.7 Å². The van der Waals surface area contributed by atoms with E-state index >= 15 is 16.8 Å². The highest BCUT2D eigenvalue weighted by Crippen LogP contribution is 2.53. The first-order valence-corrected chi connectivity index (χ1v) is 21.9. The molecule has 0 spiro atoms. The van der Waals surface area contributed by atoms with Gasteiger partial charge < -0.3 is 4.65 Å². The average molecular weight is 953 g/mol. The van der Waals surface area contributed by atoms with Crippen LogP contribution < -0.4 is 0 Å². The summed E-state index contributed by atoms with van der Waals surface area (Å²) in [5, 5.41) is -0.329. The van der Waals surface area contributed by atoms with Gasteiger partial charge >= 0.3 is 31.9 Å². The molecule has 1 aliphatic rings. The highest BCUT2D eigenvalue weighted by Gasteiger charge is 2.64. The molecule has 0 saturated carbocycles. The third-order valence-electron chi connectivity index (χ3n) is 9.52. The number of halogens is 12. The molecular formula is C40H29BF12N2O5S3. The van der Waals surface area contributed by atoms with Crippen LogP contribution in [-0.4, -0.2) is 32.5 Å². The van der Waals surface area contributed by atoms with Crippen molar-refractivity contribution in [1.82, 2.24) is 8.43 Å². The van der Waals surface area contributed by atoms with Crippen molar-refractivity contribution in [2.24, 2.45) is 0 Å². The van der Waals surface area contributed by atoms with E-state index < -0.39 is 96.1 Å². The Labute approximate surface area is 357 Å². The Hall–Kier alpha value is -4.97. The highest BCUT2D eigenvalue weighted by molar-refractivity contribution is 8.02. The molecule has 334 valence electrons. The van der Waals surface area contributed by atoms with E-state index in [1.165, 1.54) is 73.7 Å². The van der Waals surface area contributed by atoms with Crippen LogP contribution >= 0.6 is 11.8 Å². The van der Waals surface area contributed by atoms with Crippen LogP contribution in [0, 0.1) is 0 Å². The lowest BCUT2D eigenvalue weighted by Gasteiger charge is -2.29.